The van der Waals surface area contributed by atoms with E-state index in [1.54, 1.807) is 0 Å². The maximum absolute atomic E-state index is 10.5. The van der Waals surface area contributed by atoms with Crippen LogP contribution in [0.1, 0.15) is 12.8 Å². The SMILES string of the molecule is C1NCC2(CC[NH2+]CC2)N1.O=C([O-])C(F)(F)F. The highest BCUT2D eigenvalue weighted by Crippen LogP contribution is 2.16. The van der Waals surface area contributed by atoms with E-state index < -0.39 is 12.1 Å². The normalized spacial score (nSPS) is 23.0. The Bertz CT molecular complexity index is 257. The Kier molecular flexibility index (Phi) is 4.72. The van der Waals surface area contributed by atoms with Gasteiger partial charge in [-0.05, 0) is 0 Å². The summed E-state index contributed by atoms with van der Waals surface area (Å²) in [5.74, 6) is -3.01. The summed E-state index contributed by atoms with van der Waals surface area (Å²) in [5.41, 5.74) is 0.481. The van der Waals surface area contributed by atoms with Crippen LogP contribution < -0.4 is 21.1 Å². The number of hydrogen-bond donors (Lipinski definition) is 3. The molecule has 0 saturated carbocycles. The van der Waals surface area contributed by atoms with Crippen LogP contribution in [0.3, 0.4) is 0 Å². The minimum atomic E-state index is -5.19. The lowest BCUT2D eigenvalue weighted by Crippen LogP contribution is -2.88. The number of hydrogen-bond acceptors (Lipinski definition) is 4. The highest BCUT2D eigenvalue weighted by Gasteiger charge is 2.35. The van der Waals surface area contributed by atoms with Crippen molar-refractivity contribution in [3.8, 4) is 0 Å². The van der Waals surface area contributed by atoms with E-state index in [9.17, 15) is 13.2 Å². The van der Waals surface area contributed by atoms with Gasteiger partial charge in [0.15, 0.2) is 0 Å². The molecule has 0 aliphatic carbocycles. The lowest BCUT2D eigenvalue weighted by atomic mass is 9.90. The van der Waals surface area contributed by atoms with E-state index in [2.05, 4.69) is 16.0 Å². The van der Waals surface area contributed by atoms with Gasteiger partial charge in [0.05, 0.1) is 13.1 Å². The van der Waals surface area contributed by atoms with E-state index in [1.807, 2.05) is 0 Å². The van der Waals surface area contributed by atoms with Crippen LogP contribution in [-0.2, 0) is 4.79 Å². The summed E-state index contributed by atoms with van der Waals surface area (Å²) in [6.45, 7) is 4.80. The maximum Gasteiger partial charge on any atom is 0.430 e. The number of nitrogens with two attached hydrogens (primary N) is 1. The Balaban J connectivity index is 0.000000185. The third-order valence-electron chi connectivity index (χ3n) is 2.94. The van der Waals surface area contributed by atoms with Crippen LogP contribution in [0.4, 0.5) is 13.2 Å². The van der Waals surface area contributed by atoms with Gasteiger partial charge in [-0.1, -0.05) is 0 Å². The van der Waals surface area contributed by atoms with Crippen molar-refractivity contribution in [1.29, 1.82) is 0 Å². The molecule has 0 atom stereocenters. The zero-order chi connectivity index (χ0) is 12.9. The first kappa shape index (κ1) is 14.2. The fraction of sp³-hybridized carbons (Fsp3) is 0.889. The molecule has 2 heterocycles. The van der Waals surface area contributed by atoms with Crippen LogP contribution in [0, 0.1) is 0 Å². The number of alkyl halides is 3. The molecule has 2 rings (SSSR count). The molecule has 0 unspecified atom stereocenters. The zero-order valence-corrected chi connectivity index (χ0v) is 9.27. The molecule has 8 heteroatoms. The Labute approximate surface area is 96.8 Å². The number of nitrogens with one attached hydrogen (secondary N) is 2. The lowest BCUT2D eigenvalue weighted by molar-refractivity contribution is -0.665. The van der Waals surface area contributed by atoms with E-state index >= 15 is 0 Å². The number of carboxylic acid groups (broad SMARTS) is 1. The molecular formula is C9H16F3N3O2. The van der Waals surface area contributed by atoms with E-state index in [-0.39, 0.29) is 0 Å². The van der Waals surface area contributed by atoms with Gasteiger partial charge < -0.3 is 20.5 Å². The fourth-order valence-electron chi connectivity index (χ4n) is 1.99. The third-order valence-corrected chi connectivity index (χ3v) is 2.94. The minimum Gasteiger partial charge on any atom is -0.542 e. The molecule has 2 fully saturated rings. The average Bonchev–Trinajstić information content (AvgIpc) is 2.67. The van der Waals surface area contributed by atoms with E-state index in [1.165, 1.54) is 32.5 Å². The van der Waals surface area contributed by atoms with Gasteiger partial charge in [-0.15, -0.1) is 0 Å². The molecule has 5 nitrogen and oxygen atoms in total. The van der Waals surface area contributed by atoms with Crippen LogP contribution in [0.2, 0.25) is 0 Å². The summed E-state index contributed by atoms with van der Waals surface area (Å²) in [4.78, 5) is 8.78. The van der Waals surface area contributed by atoms with Crippen molar-refractivity contribution in [1.82, 2.24) is 10.6 Å². The Morgan fingerprint density at radius 3 is 2.18 bits per heavy atom. The zero-order valence-electron chi connectivity index (χ0n) is 9.27. The quantitative estimate of drug-likeness (QED) is 0.448. The molecule has 100 valence electrons. The molecule has 0 aromatic carbocycles. The fourth-order valence-corrected chi connectivity index (χ4v) is 1.99. The lowest BCUT2D eigenvalue weighted by Gasteiger charge is -2.30. The first-order valence-electron chi connectivity index (χ1n) is 5.41. The number of rotatable bonds is 0. The van der Waals surface area contributed by atoms with Crippen molar-refractivity contribution in [3.05, 3.63) is 0 Å². The van der Waals surface area contributed by atoms with Gasteiger partial charge >= 0.3 is 6.18 Å². The first-order chi connectivity index (χ1) is 7.86. The smallest absolute Gasteiger partial charge is 0.430 e. The van der Waals surface area contributed by atoms with Crippen molar-refractivity contribution >= 4 is 5.97 Å². The van der Waals surface area contributed by atoms with Gasteiger partial charge in [0, 0.05) is 31.6 Å². The molecule has 4 N–H and O–H groups in total. The summed E-state index contributed by atoms with van der Waals surface area (Å²) < 4.78 is 31.5. The van der Waals surface area contributed by atoms with E-state index in [0.717, 1.165) is 6.67 Å². The molecule has 2 aliphatic heterocycles. The number of aliphatic carboxylic acids is 1. The summed E-state index contributed by atoms with van der Waals surface area (Å²) in [6, 6.07) is 0. The Hall–Kier alpha value is -0.860. The number of carboxylic acids is 1. The van der Waals surface area contributed by atoms with Crippen LogP contribution in [0.15, 0.2) is 0 Å². The number of halogens is 3. The van der Waals surface area contributed by atoms with E-state index in [0.29, 0.717) is 5.54 Å². The molecule has 0 amide bonds. The predicted molar refractivity (Wildman–Crippen MR) is 50.7 cm³/mol. The maximum atomic E-state index is 10.5. The largest absolute Gasteiger partial charge is 0.542 e. The highest BCUT2D eigenvalue weighted by molar-refractivity contribution is 5.70. The van der Waals surface area contributed by atoms with Crippen LogP contribution in [0.25, 0.3) is 0 Å². The van der Waals surface area contributed by atoms with Crippen molar-refractivity contribution in [2.75, 3.05) is 26.3 Å². The standard InChI is InChI=1S/C7H15N3.C2HF3O2/c1-3-8-4-2-7(1)5-9-6-10-7;3-2(4,5)1(6)7/h8-10H,1-6H2;(H,6,7). The Morgan fingerprint density at radius 1 is 1.29 bits per heavy atom. The number of carbonyl (C=O) groups is 1. The minimum absolute atomic E-state index is 0.481. The van der Waals surface area contributed by atoms with E-state index in [4.69, 9.17) is 9.90 Å². The van der Waals surface area contributed by atoms with Crippen LogP contribution >= 0.6 is 0 Å². The second-order valence-corrected chi connectivity index (χ2v) is 4.21. The average molecular weight is 255 g/mol. The first-order valence-corrected chi connectivity index (χ1v) is 5.41. The van der Waals surface area contributed by atoms with Gasteiger partial charge in [-0.2, -0.15) is 13.2 Å². The molecule has 2 aliphatic rings. The molecule has 0 aromatic heterocycles. The van der Waals surface area contributed by atoms with Crippen molar-refractivity contribution in [2.24, 2.45) is 0 Å². The topological polar surface area (TPSA) is 80.8 Å². The monoisotopic (exact) mass is 255 g/mol. The molecule has 0 aromatic rings. The van der Waals surface area contributed by atoms with Gasteiger partial charge in [-0.3, -0.25) is 5.32 Å². The Morgan fingerprint density at radius 2 is 1.82 bits per heavy atom. The summed E-state index contributed by atoms with van der Waals surface area (Å²) in [6.07, 6.45) is -2.53. The number of piperidine rings is 1. The molecule has 0 bridgehead atoms. The molecule has 17 heavy (non-hydrogen) atoms. The third kappa shape index (κ3) is 4.49. The number of carbonyl (C=O) groups excluding carboxylic acids is 1. The number of quaternary nitrogens is 1. The molecule has 0 radical (unpaired) electrons. The predicted octanol–water partition coefficient (Wildman–Crippen LogP) is -2.47. The van der Waals surface area contributed by atoms with Crippen LogP contribution in [-0.4, -0.2) is 44.0 Å². The summed E-state index contributed by atoms with van der Waals surface area (Å²) >= 11 is 0. The molecule has 2 saturated heterocycles. The van der Waals surface area contributed by atoms with Gasteiger partial charge in [0.2, 0.25) is 0 Å². The molecular weight excluding hydrogens is 239 g/mol. The van der Waals surface area contributed by atoms with Crippen molar-refractivity contribution in [3.63, 3.8) is 0 Å². The van der Waals surface area contributed by atoms with Gasteiger partial charge in [0.1, 0.15) is 5.97 Å². The summed E-state index contributed by atoms with van der Waals surface area (Å²) in [5, 5.41) is 18.1. The second kappa shape index (κ2) is 5.65. The van der Waals surface area contributed by atoms with Gasteiger partial charge in [-0.25, -0.2) is 0 Å². The van der Waals surface area contributed by atoms with Crippen molar-refractivity contribution < 1.29 is 28.4 Å². The van der Waals surface area contributed by atoms with Crippen LogP contribution in [0.5, 0.6) is 0 Å². The van der Waals surface area contributed by atoms with Gasteiger partial charge in [0.25, 0.3) is 0 Å². The second-order valence-electron chi connectivity index (χ2n) is 4.21. The highest BCUT2D eigenvalue weighted by atomic mass is 19.4. The molecule has 1 spiro atoms. The summed E-state index contributed by atoms with van der Waals surface area (Å²) in [7, 11) is 0. The van der Waals surface area contributed by atoms with Crippen molar-refractivity contribution in [2.45, 2.75) is 24.6 Å².